The zero-order valence-corrected chi connectivity index (χ0v) is 11.4. The van der Waals surface area contributed by atoms with Crippen molar-refractivity contribution in [1.82, 2.24) is 14.5 Å². The number of rotatable bonds is 2. The predicted molar refractivity (Wildman–Crippen MR) is 73.3 cm³/mol. The number of aromatic amines is 1. The SMILES string of the molecule is Fc1cc2c(cc1Cl)[nH]c(=S)n2Cc1cncs1. The molecule has 0 bridgehead atoms. The summed E-state index contributed by atoms with van der Waals surface area (Å²) >= 11 is 12.5. The molecule has 7 heteroatoms. The van der Waals surface area contributed by atoms with Gasteiger partial charge in [-0.15, -0.1) is 11.3 Å². The van der Waals surface area contributed by atoms with E-state index in [9.17, 15) is 4.39 Å². The number of hydrogen-bond acceptors (Lipinski definition) is 3. The molecule has 2 aromatic heterocycles. The summed E-state index contributed by atoms with van der Waals surface area (Å²) in [6, 6.07) is 2.94. The fraction of sp³-hybridized carbons (Fsp3) is 0.0909. The third-order valence-corrected chi connectivity index (χ3v) is 3.99. The monoisotopic (exact) mass is 299 g/mol. The van der Waals surface area contributed by atoms with Crippen LogP contribution < -0.4 is 0 Å². The Balaban J connectivity index is 2.19. The fourth-order valence-corrected chi connectivity index (χ4v) is 2.80. The minimum atomic E-state index is -0.448. The molecule has 0 aliphatic rings. The molecule has 0 radical (unpaired) electrons. The molecule has 0 saturated heterocycles. The molecule has 3 aromatic rings. The summed E-state index contributed by atoms with van der Waals surface area (Å²) < 4.78 is 15.9. The van der Waals surface area contributed by atoms with Crippen LogP contribution in [0.1, 0.15) is 4.88 Å². The summed E-state index contributed by atoms with van der Waals surface area (Å²) in [5, 5.41) is 0.0868. The maximum Gasteiger partial charge on any atom is 0.178 e. The number of fused-ring (bicyclic) bond motifs is 1. The Morgan fingerprint density at radius 2 is 2.33 bits per heavy atom. The molecule has 0 fully saturated rings. The number of nitrogens with zero attached hydrogens (tertiary/aromatic N) is 2. The number of imidazole rings is 1. The topological polar surface area (TPSA) is 33.6 Å². The third kappa shape index (κ3) is 1.96. The highest BCUT2D eigenvalue weighted by Crippen LogP contribution is 2.23. The molecule has 2 heterocycles. The Bertz CT molecular complexity index is 761. The van der Waals surface area contributed by atoms with Crippen LogP contribution in [-0.4, -0.2) is 14.5 Å². The smallest absolute Gasteiger partial charge is 0.178 e. The van der Waals surface area contributed by atoms with Gasteiger partial charge in [-0.1, -0.05) is 11.6 Å². The fourth-order valence-electron chi connectivity index (χ4n) is 1.78. The van der Waals surface area contributed by atoms with Gasteiger partial charge in [0.2, 0.25) is 0 Å². The van der Waals surface area contributed by atoms with E-state index >= 15 is 0 Å². The van der Waals surface area contributed by atoms with Crippen LogP contribution in [-0.2, 0) is 6.54 Å². The highest BCUT2D eigenvalue weighted by Gasteiger charge is 2.09. The molecule has 92 valence electrons. The van der Waals surface area contributed by atoms with Crippen molar-refractivity contribution in [3.8, 4) is 0 Å². The van der Waals surface area contributed by atoms with E-state index in [1.807, 2.05) is 4.57 Å². The lowest BCUT2D eigenvalue weighted by Crippen LogP contribution is -1.97. The molecule has 1 aromatic carbocycles. The zero-order chi connectivity index (χ0) is 12.7. The highest BCUT2D eigenvalue weighted by molar-refractivity contribution is 7.71. The van der Waals surface area contributed by atoms with Gasteiger partial charge >= 0.3 is 0 Å². The molecule has 0 aliphatic carbocycles. The van der Waals surface area contributed by atoms with E-state index in [-0.39, 0.29) is 5.02 Å². The van der Waals surface area contributed by atoms with Crippen molar-refractivity contribution in [2.45, 2.75) is 6.54 Å². The van der Waals surface area contributed by atoms with Gasteiger partial charge in [-0.25, -0.2) is 4.39 Å². The van der Waals surface area contributed by atoms with Crippen LogP contribution in [0.5, 0.6) is 0 Å². The Morgan fingerprint density at radius 1 is 1.50 bits per heavy atom. The van der Waals surface area contributed by atoms with E-state index in [1.165, 1.54) is 17.4 Å². The van der Waals surface area contributed by atoms with Crippen molar-refractivity contribution in [2.75, 3.05) is 0 Å². The van der Waals surface area contributed by atoms with Crippen molar-refractivity contribution in [3.63, 3.8) is 0 Å². The Labute approximate surface area is 116 Å². The van der Waals surface area contributed by atoms with Crippen LogP contribution >= 0.6 is 35.2 Å². The van der Waals surface area contributed by atoms with Crippen molar-refractivity contribution in [3.05, 3.63) is 44.3 Å². The first kappa shape index (κ1) is 11.8. The predicted octanol–water partition coefficient (Wildman–Crippen LogP) is 4.00. The first-order valence-corrected chi connectivity index (χ1v) is 6.76. The molecule has 1 N–H and O–H groups in total. The minimum absolute atomic E-state index is 0.0868. The molecule has 3 nitrogen and oxygen atoms in total. The van der Waals surface area contributed by atoms with E-state index in [0.29, 0.717) is 16.8 Å². The standard InChI is InChI=1S/C11H7ClFN3S2/c12-7-1-9-10(2-8(7)13)16(11(17)15-9)4-6-3-14-5-18-6/h1-3,5H,4H2,(H,15,17). The van der Waals surface area contributed by atoms with Crippen molar-refractivity contribution < 1.29 is 4.39 Å². The van der Waals surface area contributed by atoms with Crippen LogP contribution in [0.2, 0.25) is 5.02 Å². The molecular weight excluding hydrogens is 293 g/mol. The molecule has 0 unspecified atom stereocenters. The summed E-state index contributed by atoms with van der Waals surface area (Å²) in [4.78, 5) is 8.09. The van der Waals surface area contributed by atoms with Gasteiger partial charge in [0.05, 0.1) is 28.1 Å². The second-order valence-electron chi connectivity index (χ2n) is 3.77. The molecular formula is C11H7ClFN3S2. The number of halogens is 2. The number of benzene rings is 1. The Hall–Kier alpha value is -1.24. The first-order valence-electron chi connectivity index (χ1n) is 5.10. The van der Waals surface area contributed by atoms with Crippen LogP contribution in [0.15, 0.2) is 23.8 Å². The van der Waals surface area contributed by atoms with E-state index in [4.69, 9.17) is 23.8 Å². The number of aromatic nitrogens is 3. The normalized spacial score (nSPS) is 11.2. The van der Waals surface area contributed by atoms with Crippen LogP contribution in [0.3, 0.4) is 0 Å². The number of hydrogen-bond donors (Lipinski definition) is 1. The van der Waals surface area contributed by atoms with Gasteiger partial charge in [-0.3, -0.25) is 4.98 Å². The molecule has 0 spiro atoms. The summed E-state index contributed by atoms with van der Waals surface area (Å²) in [7, 11) is 0. The van der Waals surface area contributed by atoms with Gasteiger partial charge in [0.1, 0.15) is 5.82 Å². The average Bonchev–Trinajstić information content (AvgIpc) is 2.92. The molecule has 18 heavy (non-hydrogen) atoms. The summed E-state index contributed by atoms with van der Waals surface area (Å²) in [5.74, 6) is -0.448. The number of H-pyrrole nitrogens is 1. The van der Waals surface area contributed by atoms with Gasteiger partial charge in [-0.2, -0.15) is 0 Å². The van der Waals surface area contributed by atoms with Gasteiger partial charge in [0, 0.05) is 17.1 Å². The zero-order valence-electron chi connectivity index (χ0n) is 8.98. The molecule has 0 saturated carbocycles. The van der Waals surface area contributed by atoms with Gasteiger partial charge < -0.3 is 9.55 Å². The Kier molecular flexibility index (Phi) is 2.93. The van der Waals surface area contributed by atoms with Crippen molar-refractivity contribution >= 4 is 46.2 Å². The largest absolute Gasteiger partial charge is 0.331 e. The van der Waals surface area contributed by atoms with E-state index in [2.05, 4.69) is 9.97 Å². The molecule has 3 rings (SSSR count). The van der Waals surface area contributed by atoms with E-state index in [0.717, 1.165) is 10.4 Å². The highest BCUT2D eigenvalue weighted by atomic mass is 35.5. The van der Waals surface area contributed by atoms with Crippen LogP contribution in [0, 0.1) is 10.6 Å². The second-order valence-corrected chi connectivity index (χ2v) is 5.53. The quantitative estimate of drug-likeness (QED) is 0.726. The van der Waals surface area contributed by atoms with E-state index in [1.54, 1.807) is 17.8 Å². The van der Waals surface area contributed by atoms with Gasteiger partial charge in [0.25, 0.3) is 0 Å². The molecule has 0 aliphatic heterocycles. The summed E-state index contributed by atoms with van der Waals surface area (Å²) in [6.45, 7) is 0.574. The van der Waals surface area contributed by atoms with Gasteiger partial charge in [0.15, 0.2) is 4.77 Å². The maximum absolute atomic E-state index is 13.5. The summed E-state index contributed by atoms with van der Waals surface area (Å²) in [5.41, 5.74) is 3.19. The minimum Gasteiger partial charge on any atom is -0.331 e. The lowest BCUT2D eigenvalue weighted by Gasteiger charge is -2.02. The first-order chi connectivity index (χ1) is 8.65. The van der Waals surface area contributed by atoms with Crippen LogP contribution in [0.4, 0.5) is 4.39 Å². The summed E-state index contributed by atoms with van der Waals surface area (Å²) in [6.07, 6.45) is 1.78. The number of thiazole rings is 1. The van der Waals surface area contributed by atoms with Gasteiger partial charge in [-0.05, 0) is 18.3 Å². The Morgan fingerprint density at radius 3 is 3.06 bits per heavy atom. The molecule has 0 amide bonds. The van der Waals surface area contributed by atoms with E-state index < -0.39 is 5.82 Å². The van der Waals surface area contributed by atoms with Crippen LogP contribution in [0.25, 0.3) is 11.0 Å². The lowest BCUT2D eigenvalue weighted by atomic mass is 10.3. The lowest BCUT2D eigenvalue weighted by molar-refractivity contribution is 0.629. The molecule has 0 atom stereocenters. The average molecular weight is 300 g/mol. The second kappa shape index (κ2) is 4.46. The van der Waals surface area contributed by atoms with Crippen molar-refractivity contribution in [2.24, 2.45) is 0 Å². The third-order valence-electron chi connectivity index (χ3n) is 2.61. The number of nitrogens with one attached hydrogen (secondary N) is 1. The van der Waals surface area contributed by atoms with Crippen molar-refractivity contribution in [1.29, 1.82) is 0 Å². The maximum atomic E-state index is 13.5.